The van der Waals surface area contributed by atoms with Crippen molar-refractivity contribution in [1.29, 1.82) is 0 Å². The molecule has 0 aromatic heterocycles. The van der Waals surface area contributed by atoms with Crippen molar-refractivity contribution in [2.75, 3.05) is 6.54 Å². The molecule has 0 aliphatic carbocycles. The summed E-state index contributed by atoms with van der Waals surface area (Å²) in [7, 11) is 0. The zero-order chi connectivity index (χ0) is 15.0. The van der Waals surface area contributed by atoms with Gasteiger partial charge in [0.05, 0.1) is 0 Å². The van der Waals surface area contributed by atoms with Crippen LogP contribution in [0.4, 0.5) is 0 Å². The van der Waals surface area contributed by atoms with E-state index in [-0.39, 0.29) is 17.4 Å². The number of carbonyl (C=O) groups excluding carboxylic acids is 1. The summed E-state index contributed by atoms with van der Waals surface area (Å²) in [5, 5.41) is 3.00. The topological polar surface area (TPSA) is 55.1 Å². The summed E-state index contributed by atoms with van der Waals surface area (Å²) < 4.78 is 0. The lowest BCUT2D eigenvalue weighted by Crippen LogP contribution is -2.49. The summed E-state index contributed by atoms with van der Waals surface area (Å²) in [4.78, 5) is 12.1. The first-order chi connectivity index (χ1) is 9.54. The molecule has 0 saturated heterocycles. The van der Waals surface area contributed by atoms with Crippen molar-refractivity contribution < 1.29 is 4.79 Å². The number of nitrogens with one attached hydrogen (secondary N) is 1. The Kier molecular flexibility index (Phi) is 6.73. The van der Waals surface area contributed by atoms with Gasteiger partial charge >= 0.3 is 0 Å². The molecule has 3 N–H and O–H groups in total. The van der Waals surface area contributed by atoms with Gasteiger partial charge in [-0.2, -0.15) is 0 Å². The normalized spacial score (nSPS) is 13.0. The van der Waals surface area contributed by atoms with Gasteiger partial charge in [-0.15, -0.1) is 0 Å². The van der Waals surface area contributed by atoms with Crippen LogP contribution in [-0.2, 0) is 4.79 Å². The third-order valence-corrected chi connectivity index (χ3v) is 4.24. The number of hydrogen-bond donors (Lipinski definition) is 2. The number of benzene rings is 1. The lowest BCUT2D eigenvalue weighted by molar-refractivity contribution is -0.121. The fourth-order valence-electron chi connectivity index (χ4n) is 2.29. The second kappa shape index (κ2) is 8.05. The quantitative estimate of drug-likeness (QED) is 0.766. The Morgan fingerprint density at radius 1 is 1.20 bits per heavy atom. The monoisotopic (exact) mass is 276 g/mol. The third kappa shape index (κ3) is 4.97. The average Bonchev–Trinajstić information content (AvgIpc) is 2.51. The van der Waals surface area contributed by atoms with Gasteiger partial charge in [-0.1, -0.05) is 51.1 Å². The highest BCUT2D eigenvalue weighted by molar-refractivity contribution is 5.77. The molecule has 0 radical (unpaired) electrons. The molecular weight excluding hydrogens is 248 g/mol. The maximum Gasteiger partial charge on any atom is 0.220 e. The van der Waals surface area contributed by atoms with E-state index in [4.69, 9.17) is 5.73 Å². The smallest absolute Gasteiger partial charge is 0.220 e. The molecule has 0 bridgehead atoms. The van der Waals surface area contributed by atoms with Gasteiger partial charge in [-0.05, 0) is 30.7 Å². The van der Waals surface area contributed by atoms with Crippen LogP contribution in [0.2, 0.25) is 0 Å². The fraction of sp³-hybridized carbons (Fsp3) is 0.588. The molecule has 3 heteroatoms. The van der Waals surface area contributed by atoms with Crippen molar-refractivity contribution in [1.82, 2.24) is 5.32 Å². The first-order valence-corrected chi connectivity index (χ1v) is 7.65. The lowest BCUT2D eigenvalue weighted by Gasteiger charge is -2.27. The minimum absolute atomic E-state index is 0.0948. The minimum atomic E-state index is -0.274. The SMILES string of the molecule is CCC(CC(=O)NCC(N)(CC)CC)c1ccccc1. The van der Waals surface area contributed by atoms with E-state index in [9.17, 15) is 4.79 Å². The van der Waals surface area contributed by atoms with E-state index in [0.717, 1.165) is 19.3 Å². The van der Waals surface area contributed by atoms with Gasteiger partial charge in [0.15, 0.2) is 0 Å². The van der Waals surface area contributed by atoms with Crippen LogP contribution in [0.5, 0.6) is 0 Å². The van der Waals surface area contributed by atoms with Crippen LogP contribution in [0, 0.1) is 0 Å². The summed E-state index contributed by atoms with van der Waals surface area (Å²) in [5.74, 6) is 0.379. The zero-order valence-corrected chi connectivity index (χ0v) is 13.0. The number of nitrogens with two attached hydrogens (primary N) is 1. The lowest BCUT2D eigenvalue weighted by atomic mass is 9.92. The molecule has 0 aliphatic rings. The Balaban J connectivity index is 2.52. The summed E-state index contributed by atoms with van der Waals surface area (Å²) in [6, 6.07) is 10.2. The van der Waals surface area contributed by atoms with Crippen LogP contribution < -0.4 is 11.1 Å². The predicted molar refractivity (Wildman–Crippen MR) is 84.6 cm³/mol. The van der Waals surface area contributed by atoms with Gasteiger partial charge < -0.3 is 11.1 Å². The summed E-state index contributed by atoms with van der Waals surface area (Å²) in [6.07, 6.45) is 3.25. The second-order valence-corrected chi connectivity index (χ2v) is 5.57. The fourth-order valence-corrected chi connectivity index (χ4v) is 2.29. The molecule has 0 saturated carbocycles. The molecule has 1 atom stereocenters. The van der Waals surface area contributed by atoms with E-state index >= 15 is 0 Å². The minimum Gasteiger partial charge on any atom is -0.354 e. The Bertz CT molecular complexity index is 399. The van der Waals surface area contributed by atoms with Crippen molar-refractivity contribution in [3.05, 3.63) is 35.9 Å². The maximum absolute atomic E-state index is 12.1. The largest absolute Gasteiger partial charge is 0.354 e. The van der Waals surface area contributed by atoms with Gasteiger partial charge in [-0.25, -0.2) is 0 Å². The van der Waals surface area contributed by atoms with Crippen molar-refractivity contribution in [2.24, 2.45) is 5.73 Å². The van der Waals surface area contributed by atoms with E-state index in [1.165, 1.54) is 5.56 Å². The molecule has 0 spiro atoms. The molecule has 1 rings (SSSR count). The van der Waals surface area contributed by atoms with Crippen LogP contribution in [-0.4, -0.2) is 18.0 Å². The molecule has 20 heavy (non-hydrogen) atoms. The number of rotatable bonds is 8. The molecule has 0 heterocycles. The Hall–Kier alpha value is -1.35. The van der Waals surface area contributed by atoms with Crippen LogP contribution in [0.3, 0.4) is 0 Å². The highest BCUT2D eigenvalue weighted by Gasteiger charge is 2.22. The van der Waals surface area contributed by atoms with Crippen LogP contribution in [0.25, 0.3) is 0 Å². The Labute approximate surface area is 122 Å². The number of carbonyl (C=O) groups is 1. The first-order valence-electron chi connectivity index (χ1n) is 7.65. The molecule has 1 unspecified atom stereocenters. The van der Waals surface area contributed by atoms with E-state index in [1.54, 1.807) is 0 Å². The first kappa shape index (κ1) is 16.7. The van der Waals surface area contributed by atoms with Gasteiger partial charge in [-0.3, -0.25) is 4.79 Å². The van der Waals surface area contributed by atoms with Crippen molar-refractivity contribution in [3.63, 3.8) is 0 Å². The predicted octanol–water partition coefficient (Wildman–Crippen LogP) is 3.20. The van der Waals surface area contributed by atoms with Crippen LogP contribution in [0.15, 0.2) is 30.3 Å². The van der Waals surface area contributed by atoms with Crippen molar-refractivity contribution >= 4 is 5.91 Å². The Morgan fingerprint density at radius 3 is 2.30 bits per heavy atom. The Morgan fingerprint density at radius 2 is 1.80 bits per heavy atom. The molecule has 1 aromatic carbocycles. The molecule has 1 amide bonds. The van der Waals surface area contributed by atoms with E-state index in [1.807, 2.05) is 18.2 Å². The van der Waals surface area contributed by atoms with Crippen molar-refractivity contribution in [3.8, 4) is 0 Å². The zero-order valence-electron chi connectivity index (χ0n) is 13.0. The highest BCUT2D eigenvalue weighted by atomic mass is 16.1. The molecular formula is C17H28N2O. The standard InChI is InChI=1S/C17H28N2O/c1-4-14(15-10-8-7-9-11-15)12-16(20)19-13-17(18,5-2)6-3/h7-11,14H,4-6,12-13,18H2,1-3H3,(H,19,20). The van der Waals surface area contributed by atoms with Gasteiger partial charge in [0, 0.05) is 18.5 Å². The van der Waals surface area contributed by atoms with E-state index in [2.05, 4.69) is 38.2 Å². The average molecular weight is 276 g/mol. The van der Waals surface area contributed by atoms with Crippen LogP contribution in [0.1, 0.15) is 57.9 Å². The van der Waals surface area contributed by atoms with Gasteiger partial charge in [0.2, 0.25) is 5.91 Å². The number of amides is 1. The molecule has 0 fully saturated rings. The molecule has 112 valence electrons. The molecule has 0 aliphatic heterocycles. The summed E-state index contributed by atoms with van der Waals surface area (Å²) in [6.45, 7) is 6.81. The molecule has 1 aromatic rings. The highest BCUT2D eigenvalue weighted by Crippen LogP contribution is 2.22. The van der Waals surface area contributed by atoms with Crippen LogP contribution >= 0.6 is 0 Å². The molecule has 3 nitrogen and oxygen atoms in total. The second-order valence-electron chi connectivity index (χ2n) is 5.57. The summed E-state index contributed by atoms with van der Waals surface area (Å²) in [5.41, 5.74) is 7.16. The third-order valence-electron chi connectivity index (χ3n) is 4.24. The van der Waals surface area contributed by atoms with Gasteiger partial charge in [0.1, 0.15) is 0 Å². The van der Waals surface area contributed by atoms with E-state index < -0.39 is 0 Å². The number of hydrogen-bond acceptors (Lipinski definition) is 2. The van der Waals surface area contributed by atoms with E-state index in [0.29, 0.717) is 13.0 Å². The van der Waals surface area contributed by atoms with Crippen molar-refractivity contribution in [2.45, 2.75) is 57.9 Å². The summed E-state index contributed by atoms with van der Waals surface area (Å²) >= 11 is 0. The maximum atomic E-state index is 12.1. The van der Waals surface area contributed by atoms with Gasteiger partial charge in [0.25, 0.3) is 0 Å².